The smallest absolute Gasteiger partial charge is 0.340 e. The third-order valence-corrected chi connectivity index (χ3v) is 6.28. The predicted octanol–water partition coefficient (Wildman–Crippen LogP) is 8.12. The molecule has 1 aromatic carbocycles. The molecule has 0 aromatic heterocycles. The van der Waals surface area contributed by atoms with Crippen LogP contribution in [0.15, 0.2) is 30.3 Å². The van der Waals surface area contributed by atoms with Crippen LogP contribution in [0.2, 0.25) is 0 Å². The fraction of sp³-hybridized carbons (Fsp3) is 0.741. The van der Waals surface area contributed by atoms with E-state index in [2.05, 4.69) is 20.8 Å². The van der Waals surface area contributed by atoms with Crippen molar-refractivity contribution in [2.75, 3.05) is 6.61 Å². The summed E-state index contributed by atoms with van der Waals surface area (Å²) in [5.41, 5.74) is -0.467. The molecule has 0 aliphatic heterocycles. The second-order valence-electron chi connectivity index (χ2n) is 8.83. The molecule has 1 aromatic rings. The summed E-state index contributed by atoms with van der Waals surface area (Å²) in [7, 11) is 0. The lowest BCUT2D eigenvalue weighted by atomic mass is 9.79. The lowest BCUT2D eigenvalue weighted by Crippen LogP contribution is -2.45. The number of aliphatic carboxylic acids is 1. The van der Waals surface area contributed by atoms with Crippen LogP contribution in [0.25, 0.3) is 0 Å². The minimum atomic E-state index is -1.24. The Bertz CT molecular complexity index is 542. The van der Waals surface area contributed by atoms with Crippen molar-refractivity contribution in [1.82, 2.24) is 0 Å². The van der Waals surface area contributed by atoms with E-state index in [0.717, 1.165) is 31.2 Å². The predicted molar refractivity (Wildman–Crippen MR) is 127 cm³/mol. The van der Waals surface area contributed by atoms with Crippen LogP contribution in [0.4, 0.5) is 0 Å². The van der Waals surface area contributed by atoms with Gasteiger partial charge in [0, 0.05) is 12.5 Å². The molecule has 1 rings (SSSR count). The molecule has 0 bridgehead atoms. The Hall–Kier alpha value is -1.35. The Balaban J connectivity index is 2.65. The zero-order valence-corrected chi connectivity index (χ0v) is 19.8. The van der Waals surface area contributed by atoms with Gasteiger partial charge in [-0.2, -0.15) is 0 Å². The average Bonchev–Trinajstić information content (AvgIpc) is 2.75. The van der Waals surface area contributed by atoms with Crippen LogP contribution in [0, 0.1) is 5.92 Å². The van der Waals surface area contributed by atoms with Gasteiger partial charge in [-0.15, -0.1) is 0 Å². The molecular weight excluding hydrogens is 372 g/mol. The normalized spacial score (nSPS) is 14.4. The Morgan fingerprint density at radius 3 is 1.87 bits per heavy atom. The van der Waals surface area contributed by atoms with E-state index in [1.54, 1.807) is 0 Å². The molecule has 0 heterocycles. The van der Waals surface area contributed by atoms with Crippen molar-refractivity contribution in [3.63, 3.8) is 0 Å². The highest BCUT2D eigenvalue weighted by molar-refractivity contribution is 5.80. The van der Waals surface area contributed by atoms with Crippen LogP contribution in [-0.4, -0.2) is 17.7 Å². The third kappa shape index (κ3) is 9.20. The second kappa shape index (κ2) is 16.4. The third-order valence-electron chi connectivity index (χ3n) is 6.28. The Morgan fingerprint density at radius 2 is 1.33 bits per heavy atom. The number of rotatable bonds is 19. The van der Waals surface area contributed by atoms with Crippen LogP contribution in [0.5, 0.6) is 0 Å². The summed E-state index contributed by atoms with van der Waals surface area (Å²) < 4.78 is 6.26. The molecule has 0 saturated heterocycles. The second-order valence-corrected chi connectivity index (χ2v) is 8.83. The van der Waals surface area contributed by atoms with Gasteiger partial charge in [-0.25, -0.2) is 4.79 Å². The monoisotopic (exact) mass is 418 g/mol. The molecule has 3 heteroatoms. The van der Waals surface area contributed by atoms with Crippen molar-refractivity contribution < 1.29 is 14.6 Å². The van der Waals surface area contributed by atoms with Crippen LogP contribution < -0.4 is 0 Å². The average molecular weight is 419 g/mol. The van der Waals surface area contributed by atoms with E-state index >= 15 is 0 Å². The van der Waals surface area contributed by atoms with E-state index in [4.69, 9.17) is 4.74 Å². The molecule has 0 fully saturated rings. The van der Waals surface area contributed by atoms with Gasteiger partial charge >= 0.3 is 5.97 Å². The summed E-state index contributed by atoms with van der Waals surface area (Å²) in [5, 5.41) is 10.3. The minimum Gasteiger partial charge on any atom is -0.479 e. The summed E-state index contributed by atoms with van der Waals surface area (Å²) in [4.78, 5) is 12.5. The number of carboxylic acid groups (broad SMARTS) is 1. The highest BCUT2D eigenvalue weighted by Crippen LogP contribution is 2.37. The van der Waals surface area contributed by atoms with Crippen LogP contribution in [0.3, 0.4) is 0 Å². The number of ether oxygens (including phenoxy) is 1. The van der Waals surface area contributed by atoms with Crippen LogP contribution >= 0.6 is 0 Å². The SMILES string of the molecule is CCCCCCCCCCOC(C(=O)O)(c1ccccc1)C(C)CCCCCCC. The Morgan fingerprint density at radius 1 is 0.833 bits per heavy atom. The molecule has 0 radical (unpaired) electrons. The van der Waals surface area contributed by atoms with E-state index < -0.39 is 11.6 Å². The summed E-state index contributed by atoms with van der Waals surface area (Å²) in [6.07, 6.45) is 16.6. The highest BCUT2D eigenvalue weighted by atomic mass is 16.5. The van der Waals surface area contributed by atoms with Crippen molar-refractivity contribution in [3.8, 4) is 0 Å². The minimum absolute atomic E-state index is 0.0620. The molecule has 1 N–H and O–H groups in total. The first-order valence-corrected chi connectivity index (χ1v) is 12.5. The van der Waals surface area contributed by atoms with Crippen LogP contribution in [0.1, 0.15) is 116 Å². The topological polar surface area (TPSA) is 46.5 Å². The number of carbonyl (C=O) groups is 1. The first kappa shape index (κ1) is 26.7. The van der Waals surface area contributed by atoms with Gasteiger partial charge in [0.05, 0.1) is 0 Å². The molecule has 2 unspecified atom stereocenters. The maximum Gasteiger partial charge on any atom is 0.340 e. The van der Waals surface area contributed by atoms with Gasteiger partial charge in [0.1, 0.15) is 0 Å². The van der Waals surface area contributed by atoms with Gasteiger partial charge in [-0.05, 0) is 18.4 Å². The lowest BCUT2D eigenvalue weighted by Gasteiger charge is -2.36. The molecule has 3 nitrogen and oxygen atoms in total. The van der Waals surface area contributed by atoms with Gasteiger partial charge in [0.15, 0.2) is 5.60 Å². The van der Waals surface area contributed by atoms with Crippen molar-refractivity contribution >= 4 is 5.97 Å². The molecule has 0 saturated carbocycles. The molecular formula is C27H46O3. The molecule has 0 aliphatic carbocycles. The number of hydrogen-bond acceptors (Lipinski definition) is 2. The Kier molecular flexibility index (Phi) is 14.5. The van der Waals surface area contributed by atoms with Gasteiger partial charge < -0.3 is 9.84 Å². The standard InChI is InChI=1S/C27H46O3/c1-4-6-8-10-11-12-14-19-23-30-27(26(28)29,25-21-17-15-18-22-25)24(3)20-16-13-9-7-5-2/h15,17-18,21-22,24H,4-14,16,19-20,23H2,1-3H3,(H,28,29). The fourth-order valence-corrected chi connectivity index (χ4v) is 4.32. The number of benzene rings is 1. The largest absolute Gasteiger partial charge is 0.479 e. The quantitative estimate of drug-likeness (QED) is 0.231. The van der Waals surface area contributed by atoms with Crippen molar-refractivity contribution in [1.29, 1.82) is 0 Å². The zero-order chi connectivity index (χ0) is 22.1. The number of unbranched alkanes of at least 4 members (excludes halogenated alkanes) is 11. The Labute approximate surface area is 185 Å². The number of hydrogen-bond donors (Lipinski definition) is 1. The van der Waals surface area contributed by atoms with Crippen molar-refractivity contribution in [2.24, 2.45) is 5.92 Å². The fourth-order valence-electron chi connectivity index (χ4n) is 4.32. The van der Waals surface area contributed by atoms with E-state index in [9.17, 15) is 9.90 Å². The van der Waals surface area contributed by atoms with Gasteiger partial charge in [0.2, 0.25) is 0 Å². The summed E-state index contributed by atoms with van der Waals surface area (Å²) in [6.45, 7) is 7.02. The van der Waals surface area contributed by atoms with E-state index in [1.165, 1.54) is 64.2 Å². The maximum absolute atomic E-state index is 12.5. The lowest BCUT2D eigenvalue weighted by molar-refractivity contribution is -0.177. The highest BCUT2D eigenvalue weighted by Gasteiger charge is 2.46. The first-order chi connectivity index (χ1) is 14.6. The molecule has 172 valence electrons. The summed E-state index contributed by atoms with van der Waals surface area (Å²) in [5.74, 6) is -0.914. The van der Waals surface area contributed by atoms with Crippen molar-refractivity contribution in [2.45, 2.75) is 116 Å². The van der Waals surface area contributed by atoms with Gasteiger partial charge in [-0.1, -0.05) is 128 Å². The molecule has 0 spiro atoms. The summed E-state index contributed by atoms with van der Waals surface area (Å²) >= 11 is 0. The van der Waals surface area contributed by atoms with Gasteiger partial charge in [0.25, 0.3) is 0 Å². The van der Waals surface area contributed by atoms with Crippen molar-refractivity contribution in [3.05, 3.63) is 35.9 Å². The molecule has 2 atom stereocenters. The maximum atomic E-state index is 12.5. The van der Waals surface area contributed by atoms with Gasteiger partial charge in [-0.3, -0.25) is 0 Å². The van der Waals surface area contributed by atoms with E-state index in [-0.39, 0.29) is 5.92 Å². The van der Waals surface area contributed by atoms with Crippen LogP contribution in [-0.2, 0) is 15.1 Å². The van der Waals surface area contributed by atoms with E-state index in [0.29, 0.717) is 6.61 Å². The first-order valence-electron chi connectivity index (χ1n) is 12.5. The number of carboxylic acids is 1. The van der Waals surface area contributed by atoms with E-state index in [1.807, 2.05) is 30.3 Å². The molecule has 0 amide bonds. The molecule has 0 aliphatic rings. The molecule has 30 heavy (non-hydrogen) atoms. The summed E-state index contributed by atoms with van der Waals surface area (Å²) in [6, 6.07) is 9.59. The zero-order valence-electron chi connectivity index (χ0n) is 19.8.